The number of halogens is 1. The molecule has 0 unspecified atom stereocenters. The first kappa shape index (κ1) is 14.2. The second-order valence-corrected chi connectivity index (χ2v) is 7.20. The van der Waals surface area contributed by atoms with Gasteiger partial charge in [0.1, 0.15) is 0 Å². The van der Waals surface area contributed by atoms with Crippen LogP contribution in [0, 0.1) is 13.8 Å². The molecule has 0 aromatic carbocycles. The molecule has 1 amide bonds. The van der Waals surface area contributed by atoms with Crippen molar-refractivity contribution in [2.45, 2.75) is 13.8 Å². The number of aromatic nitrogens is 3. The highest BCUT2D eigenvalue weighted by atomic mass is 79.9. The van der Waals surface area contributed by atoms with Crippen LogP contribution in [0.25, 0.3) is 11.0 Å². The van der Waals surface area contributed by atoms with Crippen LogP contribution in [0.4, 0.5) is 5.69 Å². The molecule has 21 heavy (non-hydrogen) atoms. The second-order valence-electron chi connectivity index (χ2n) is 4.83. The van der Waals surface area contributed by atoms with Gasteiger partial charge >= 0.3 is 0 Å². The standard InChI is InChI=1S/C14H13BrN4OS/c1-7-4-11(21-12(7)15)14(20)17-9-5-10-8(2)18-19(3)13(10)16-6-9/h4-6H,1-3H3,(H,17,20). The van der Waals surface area contributed by atoms with E-state index < -0.39 is 0 Å². The summed E-state index contributed by atoms with van der Waals surface area (Å²) in [7, 11) is 1.85. The minimum absolute atomic E-state index is 0.128. The smallest absolute Gasteiger partial charge is 0.265 e. The van der Waals surface area contributed by atoms with Crippen LogP contribution in [-0.4, -0.2) is 20.7 Å². The molecule has 0 aliphatic heterocycles. The monoisotopic (exact) mass is 364 g/mol. The van der Waals surface area contributed by atoms with Crippen LogP contribution < -0.4 is 5.32 Å². The van der Waals surface area contributed by atoms with Gasteiger partial charge in [-0.2, -0.15) is 5.10 Å². The fourth-order valence-electron chi connectivity index (χ4n) is 2.14. The molecule has 3 aromatic heterocycles. The number of carbonyl (C=O) groups excluding carboxylic acids is 1. The third-order valence-electron chi connectivity index (χ3n) is 3.20. The Morgan fingerprint density at radius 1 is 1.38 bits per heavy atom. The highest BCUT2D eigenvalue weighted by Gasteiger charge is 2.13. The van der Waals surface area contributed by atoms with Crippen LogP contribution in [0.15, 0.2) is 22.1 Å². The van der Waals surface area contributed by atoms with Gasteiger partial charge in [-0.25, -0.2) is 4.98 Å². The molecule has 0 bridgehead atoms. The van der Waals surface area contributed by atoms with Crippen molar-refractivity contribution < 1.29 is 4.79 Å². The molecule has 3 aromatic rings. The number of pyridine rings is 1. The number of thiophene rings is 1. The van der Waals surface area contributed by atoms with Crippen LogP contribution in [0.1, 0.15) is 20.9 Å². The van der Waals surface area contributed by atoms with E-state index in [1.807, 2.05) is 33.0 Å². The first-order valence-electron chi connectivity index (χ1n) is 6.32. The van der Waals surface area contributed by atoms with E-state index in [1.54, 1.807) is 10.9 Å². The van der Waals surface area contributed by atoms with Crippen LogP contribution in [0.2, 0.25) is 0 Å². The number of rotatable bonds is 2. The summed E-state index contributed by atoms with van der Waals surface area (Å²) in [6.07, 6.45) is 1.65. The molecule has 0 radical (unpaired) electrons. The number of anilines is 1. The third-order valence-corrected chi connectivity index (χ3v) is 5.34. The van der Waals surface area contributed by atoms with E-state index in [9.17, 15) is 4.79 Å². The minimum Gasteiger partial charge on any atom is -0.320 e. The van der Waals surface area contributed by atoms with Crippen molar-refractivity contribution in [2.24, 2.45) is 7.05 Å². The minimum atomic E-state index is -0.128. The Morgan fingerprint density at radius 3 is 2.81 bits per heavy atom. The number of amides is 1. The molecule has 0 fully saturated rings. The van der Waals surface area contributed by atoms with Gasteiger partial charge in [-0.05, 0) is 47.5 Å². The zero-order chi connectivity index (χ0) is 15.1. The molecule has 1 N–H and O–H groups in total. The molecular formula is C14H13BrN4OS. The molecule has 0 saturated heterocycles. The van der Waals surface area contributed by atoms with E-state index >= 15 is 0 Å². The van der Waals surface area contributed by atoms with E-state index in [0.717, 1.165) is 26.1 Å². The quantitative estimate of drug-likeness (QED) is 0.754. The highest BCUT2D eigenvalue weighted by molar-refractivity contribution is 9.11. The Hall–Kier alpha value is -1.73. The number of fused-ring (bicyclic) bond motifs is 1. The topological polar surface area (TPSA) is 59.8 Å². The van der Waals surface area contributed by atoms with Crippen LogP contribution >= 0.6 is 27.3 Å². The molecule has 7 heteroatoms. The molecule has 3 heterocycles. The number of hydrogen-bond acceptors (Lipinski definition) is 4. The van der Waals surface area contributed by atoms with Gasteiger partial charge < -0.3 is 5.32 Å². The summed E-state index contributed by atoms with van der Waals surface area (Å²) in [6.45, 7) is 3.89. The maximum Gasteiger partial charge on any atom is 0.265 e. The van der Waals surface area contributed by atoms with Crippen molar-refractivity contribution in [3.63, 3.8) is 0 Å². The average Bonchev–Trinajstić information content (AvgIpc) is 2.91. The Morgan fingerprint density at radius 2 is 2.14 bits per heavy atom. The summed E-state index contributed by atoms with van der Waals surface area (Å²) in [5, 5.41) is 8.14. The first-order chi connectivity index (χ1) is 9.95. The van der Waals surface area contributed by atoms with Crippen LogP contribution in [0.3, 0.4) is 0 Å². The largest absolute Gasteiger partial charge is 0.320 e. The number of nitrogens with one attached hydrogen (secondary N) is 1. The van der Waals surface area contributed by atoms with E-state index in [1.165, 1.54) is 11.3 Å². The van der Waals surface area contributed by atoms with Crippen molar-refractivity contribution in [1.82, 2.24) is 14.8 Å². The molecule has 0 atom stereocenters. The first-order valence-corrected chi connectivity index (χ1v) is 7.93. The van der Waals surface area contributed by atoms with Crippen molar-refractivity contribution in [3.8, 4) is 0 Å². The van der Waals surface area contributed by atoms with E-state index in [0.29, 0.717) is 10.6 Å². The summed E-state index contributed by atoms with van der Waals surface area (Å²) in [4.78, 5) is 17.3. The zero-order valence-corrected chi connectivity index (χ0v) is 14.2. The van der Waals surface area contributed by atoms with Crippen LogP contribution in [0.5, 0.6) is 0 Å². The molecular weight excluding hydrogens is 352 g/mol. The second kappa shape index (κ2) is 5.23. The van der Waals surface area contributed by atoms with Gasteiger partial charge in [0.2, 0.25) is 0 Å². The summed E-state index contributed by atoms with van der Waals surface area (Å²) in [6, 6.07) is 3.77. The van der Waals surface area contributed by atoms with E-state index in [4.69, 9.17) is 0 Å². The lowest BCUT2D eigenvalue weighted by atomic mass is 10.2. The average molecular weight is 365 g/mol. The molecule has 3 rings (SSSR count). The Kier molecular flexibility index (Phi) is 3.54. The molecule has 0 aliphatic rings. The lowest BCUT2D eigenvalue weighted by molar-refractivity contribution is 0.103. The van der Waals surface area contributed by atoms with Gasteiger partial charge in [0.15, 0.2) is 5.65 Å². The van der Waals surface area contributed by atoms with Gasteiger partial charge in [0.05, 0.1) is 26.2 Å². The fraction of sp³-hybridized carbons (Fsp3) is 0.214. The summed E-state index contributed by atoms with van der Waals surface area (Å²) >= 11 is 4.85. The molecule has 0 saturated carbocycles. The number of nitrogens with zero attached hydrogens (tertiary/aromatic N) is 3. The van der Waals surface area contributed by atoms with Gasteiger partial charge in [-0.3, -0.25) is 9.48 Å². The van der Waals surface area contributed by atoms with Gasteiger partial charge in [0, 0.05) is 12.4 Å². The third kappa shape index (κ3) is 2.58. The van der Waals surface area contributed by atoms with Crippen LogP contribution in [-0.2, 0) is 7.05 Å². The van der Waals surface area contributed by atoms with Crippen molar-refractivity contribution >= 4 is 49.9 Å². The van der Waals surface area contributed by atoms with Gasteiger partial charge in [-0.1, -0.05) is 0 Å². The fourth-order valence-corrected chi connectivity index (χ4v) is 3.57. The molecule has 0 aliphatic carbocycles. The lowest BCUT2D eigenvalue weighted by Gasteiger charge is -2.03. The lowest BCUT2D eigenvalue weighted by Crippen LogP contribution is -2.10. The van der Waals surface area contributed by atoms with Gasteiger partial charge in [-0.15, -0.1) is 11.3 Å². The normalized spacial score (nSPS) is 11.0. The number of carbonyl (C=O) groups is 1. The molecule has 0 spiro atoms. The predicted molar refractivity (Wildman–Crippen MR) is 88.0 cm³/mol. The molecule has 5 nitrogen and oxygen atoms in total. The number of hydrogen-bond donors (Lipinski definition) is 1. The molecule has 108 valence electrons. The maximum atomic E-state index is 12.2. The SMILES string of the molecule is Cc1cc(C(=O)Nc2cnc3c(c2)c(C)nn3C)sc1Br. The number of aryl methyl sites for hydroxylation is 3. The summed E-state index contributed by atoms with van der Waals surface area (Å²) < 4.78 is 2.71. The van der Waals surface area contributed by atoms with Crippen molar-refractivity contribution in [1.29, 1.82) is 0 Å². The Bertz CT molecular complexity index is 833. The van der Waals surface area contributed by atoms with E-state index in [-0.39, 0.29) is 5.91 Å². The summed E-state index contributed by atoms with van der Waals surface area (Å²) in [5.41, 5.74) is 3.43. The van der Waals surface area contributed by atoms with E-state index in [2.05, 4.69) is 31.3 Å². The summed E-state index contributed by atoms with van der Waals surface area (Å²) in [5.74, 6) is -0.128. The van der Waals surface area contributed by atoms with Crippen molar-refractivity contribution in [2.75, 3.05) is 5.32 Å². The Labute approximate surface area is 134 Å². The zero-order valence-electron chi connectivity index (χ0n) is 11.8. The predicted octanol–water partition coefficient (Wildman–Crippen LogP) is 3.66. The van der Waals surface area contributed by atoms with Crippen molar-refractivity contribution in [3.05, 3.63) is 38.3 Å². The Balaban J connectivity index is 1.91. The van der Waals surface area contributed by atoms with Gasteiger partial charge in [0.25, 0.3) is 5.91 Å². The highest BCUT2D eigenvalue weighted by Crippen LogP contribution is 2.28. The maximum absolute atomic E-state index is 12.2.